The van der Waals surface area contributed by atoms with Crippen molar-refractivity contribution >= 4 is 11.8 Å². The van der Waals surface area contributed by atoms with Gasteiger partial charge in [0.2, 0.25) is 5.95 Å². The van der Waals surface area contributed by atoms with Gasteiger partial charge in [0.25, 0.3) is 0 Å². The summed E-state index contributed by atoms with van der Waals surface area (Å²) in [6, 6.07) is 8.37. The molecule has 140 valence electrons. The van der Waals surface area contributed by atoms with E-state index in [1.807, 2.05) is 17.0 Å². The first-order valence-corrected chi connectivity index (χ1v) is 8.76. The van der Waals surface area contributed by atoms with Gasteiger partial charge in [-0.15, -0.1) is 0 Å². The Hall–Kier alpha value is -2.89. The third-order valence-electron chi connectivity index (χ3n) is 4.83. The molecule has 27 heavy (non-hydrogen) atoms. The fourth-order valence-electron chi connectivity index (χ4n) is 3.45. The highest BCUT2D eigenvalue weighted by molar-refractivity contribution is 5.46. The van der Waals surface area contributed by atoms with Crippen molar-refractivity contribution in [2.24, 2.45) is 0 Å². The number of nitriles is 1. The van der Waals surface area contributed by atoms with Gasteiger partial charge in [0.15, 0.2) is 0 Å². The van der Waals surface area contributed by atoms with Crippen molar-refractivity contribution in [2.75, 3.05) is 22.9 Å². The van der Waals surface area contributed by atoms with E-state index in [0.29, 0.717) is 24.6 Å². The fourth-order valence-corrected chi connectivity index (χ4v) is 3.45. The summed E-state index contributed by atoms with van der Waals surface area (Å²) in [6.45, 7) is 1.33. The van der Waals surface area contributed by atoms with Crippen molar-refractivity contribution in [2.45, 2.75) is 37.5 Å². The van der Waals surface area contributed by atoms with Crippen molar-refractivity contribution in [3.63, 3.8) is 0 Å². The molecule has 4 rings (SSSR count). The quantitative estimate of drug-likeness (QED) is 0.820. The first kappa shape index (κ1) is 17.5. The van der Waals surface area contributed by atoms with Crippen LogP contribution in [-0.4, -0.2) is 40.1 Å². The summed E-state index contributed by atoms with van der Waals surface area (Å²) in [5.74, 6) is 0.843. The maximum atomic E-state index is 13.0. The number of halogens is 3. The van der Waals surface area contributed by atoms with Crippen LogP contribution in [0.4, 0.5) is 24.9 Å². The van der Waals surface area contributed by atoms with Crippen LogP contribution >= 0.6 is 0 Å². The zero-order valence-corrected chi connectivity index (χ0v) is 14.4. The molecule has 2 aliphatic rings. The van der Waals surface area contributed by atoms with E-state index in [9.17, 15) is 13.2 Å². The van der Waals surface area contributed by atoms with Crippen molar-refractivity contribution in [1.82, 2.24) is 15.0 Å². The van der Waals surface area contributed by atoms with Crippen molar-refractivity contribution in [1.29, 1.82) is 5.26 Å². The van der Waals surface area contributed by atoms with Crippen molar-refractivity contribution in [3.05, 3.63) is 41.9 Å². The number of alkyl halides is 3. The maximum absolute atomic E-state index is 13.0. The SMILES string of the molecule is N#Cc1cccc(N2CCC(N(c3nccc(C(F)(F)F)n3)C3CC3)C2)n1. The topological polar surface area (TPSA) is 68.9 Å². The third kappa shape index (κ3) is 3.65. The molecule has 0 aromatic carbocycles. The number of rotatable bonds is 4. The average molecular weight is 374 g/mol. The second kappa shape index (κ2) is 6.68. The highest BCUT2D eigenvalue weighted by atomic mass is 19.4. The molecule has 0 spiro atoms. The van der Waals surface area contributed by atoms with E-state index in [2.05, 4.69) is 19.9 Å². The predicted octanol–water partition coefficient (Wildman–Crippen LogP) is 3.01. The minimum absolute atomic E-state index is 0.00789. The van der Waals surface area contributed by atoms with E-state index in [-0.39, 0.29) is 18.0 Å². The summed E-state index contributed by atoms with van der Waals surface area (Å²) in [7, 11) is 0. The van der Waals surface area contributed by atoms with Crippen LogP contribution in [0, 0.1) is 11.3 Å². The van der Waals surface area contributed by atoms with E-state index in [1.54, 1.807) is 12.1 Å². The van der Waals surface area contributed by atoms with E-state index >= 15 is 0 Å². The lowest BCUT2D eigenvalue weighted by molar-refractivity contribution is -0.141. The van der Waals surface area contributed by atoms with Gasteiger partial charge in [-0.2, -0.15) is 18.4 Å². The van der Waals surface area contributed by atoms with Gasteiger partial charge in [-0.05, 0) is 37.5 Å². The smallest absolute Gasteiger partial charge is 0.354 e. The Morgan fingerprint density at radius 2 is 1.93 bits per heavy atom. The lowest BCUT2D eigenvalue weighted by Crippen LogP contribution is -2.41. The Kier molecular flexibility index (Phi) is 4.34. The normalized spacial score (nSPS) is 19.8. The Morgan fingerprint density at radius 3 is 2.63 bits per heavy atom. The molecule has 3 heterocycles. The van der Waals surface area contributed by atoms with Gasteiger partial charge < -0.3 is 9.80 Å². The first-order valence-electron chi connectivity index (χ1n) is 8.76. The molecule has 9 heteroatoms. The summed E-state index contributed by atoms with van der Waals surface area (Å²) in [6.07, 6.45) is -0.688. The Bertz CT molecular complexity index is 874. The Morgan fingerprint density at radius 1 is 1.11 bits per heavy atom. The predicted molar refractivity (Wildman–Crippen MR) is 92.1 cm³/mol. The molecule has 1 aliphatic heterocycles. The molecule has 0 N–H and O–H groups in total. The van der Waals surface area contributed by atoms with Gasteiger partial charge in [0.05, 0.1) is 6.04 Å². The number of anilines is 2. The first-order chi connectivity index (χ1) is 13.0. The number of aromatic nitrogens is 3. The Balaban J connectivity index is 1.57. The molecule has 2 aromatic heterocycles. The lowest BCUT2D eigenvalue weighted by Gasteiger charge is -2.29. The molecule has 0 radical (unpaired) electrons. The van der Waals surface area contributed by atoms with Crippen LogP contribution in [0.25, 0.3) is 0 Å². The van der Waals surface area contributed by atoms with Crippen LogP contribution in [0.1, 0.15) is 30.7 Å². The summed E-state index contributed by atoms with van der Waals surface area (Å²) in [4.78, 5) is 16.2. The van der Waals surface area contributed by atoms with Gasteiger partial charge >= 0.3 is 6.18 Å². The van der Waals surface area contributed by atoms with Gasteiger partial charge in [-0.3, -0.25) is 0 Å². The lowest BCUT2D eigenvalue weighted by atomic mass is 10.2. The molecule has 1 atom stereocenters. The molecule has 1 saturated carbocycles. The van der Waals surface area contributed by atoms with Gasteiger partial charge in [-0.25, -0.2) is 15.0 Å². The standard InChI is InChI=1S/C18H17F3N6/c19-18(20,21)15-6-8-23-17(25-15)27(13-4-5-13)14-7-9-26(11-14)16-3-1-2-12(10-22)24-16/h1-3,6,8,13-14H,4-5,7,9,11H2. The molecule has 0 amide bonds. The summed E-state index contributed by atoms with van der Waals surface area (Å²) in [5.41, 5.74) is -0.576. The highest BCUT2D eigenvalue weighted by Crippen LogP contribution is 2.36. The van der Waals surface area contributed by atoms with Gasteiger partial charge in [0, 0.05) is 25.3 Å². The highest BCUT2D eigenvalue weighted by Gasteiger charge is 2.40. The van der Waals surface area contributed by atoms with Crippen molar-refractivity contribution < 1.29 is 13.2 Å². The molecule has 1 aliphatic carbocycles. The molecule has 2 fully saturated rings. The molecule has 6 nitrogen and oxygen atoms in total. The summed E-state index contributed by atoms with van der Waals surface area (Å²) < 4.78 is 39.1. The average Bonchev–Trinajstić information content (AvgIpc) is 3.37. The number of pyridine rings is 1. The molecule has 0 bridgehead atoms. The second-order valence-corrected chi connectivity index (χ2v) is 6.76. The summed E-state index contributed by atoms with van der Waals surface area (Å²) in [5, 5.41) is 9.02. The van der Waals surface area contributed by atoms with Crippen LogP contribution in [0.3, 0.4) is 0 Å². The molecule has 1 saturated heterocycles. The van der Waals surface area contributed by atoms with E-state index in [1.165, 1.54) is 6.20 Å². The minimum atomic E-state index is -4.49. The molecular weight excluding hydrogens is 357 g/mol. The zero-order valence-electron chi connectivity index (χ0n) is 14.4. The second-order valence-electron chi connectivity index (χ2n) is 6.76. The largest absolute Gasteiger partial charge is 0.433 e. The monoisotopic (exact) mass is 374 g/mol. The fraction of sp³-hybridized carbons (Fsp3) is 0.444. The number of nitrogens with zero attached hydrogens (tertiary/aromatic N) is 6. The maximum Gasteiger partial charge on any atom is 0.433 e. The van der Waals surface area contributed by atoms with Gasteiger partial charge in [-0.1, -0.05) is 6.07 Å². The van der Waals surface area contributed by atoms with Crippen LogP contribution in [0.5, 0.6) is 0 Å². The van der Waals surface area contributed by atoms with Crippen LogP contribution in [0.15, 0.2) is 30.5 Å². The Labute approximate surface area is 154 Å². The van der Waals surface area contributed by atoms with Crippen LogP contribution in [0.2, 0.25) is 0 Å². The third-order valence-corrected chi connectivity index (χ3v) is 4.83. The molecule has 2 aromatic rings. The molecule has 1 unspecified atom stereocenters. The zero-order chi connectivity index (χ0) is 19.0. The van der Waals surface area contributed by atoms with E-state index in [0.717, 1.165) is 25.3 Å². The van der Waals surface area contributed by atoms with Gasteiger partial charge in [0.1, 0.15) is 23.3 Å². The van der Waals surface area contributed by atoms with Crippen LogP contribution in [-0.2, 0) is 6.18 Å². The number of hydrogen-bond acceptors (Lipinski definition) is 6. The van der Waals surface area contributed by atoms with E-state index < -0.39 is 11.9 Å². The summed E-state index contributed by atoms with van der Waals surface area (Å²) >= 11 is 0. The molecular formula is C18H17F3N6. The van der Waals surface area contributed by atoms with E-state index in [4.69, 9.17) is 5.26 Å². The van der Waals surface area contributed by atoms with Crippen LogP contribution < -0.4 is 9.80 Å². The number of hydrogen-bond donors (Lipinski definition) is 0. The minimum Gasteiger partial charge on any atom is -0.354 e. The van der Waals surface area contributed by atoms with Crippen molar-refractivity contribution in [3.8, 4) is 6.07 Å².